The van der Waals surface area contributed by atoms with Crippen molar-refractivity contribution in [3.05, 3.63) is 70.9 Å². The average Bonchev–Trinajstić information content (AvgIpc) is 3.11. The number of rotatable bonds is 5. The molecular formula is C22H21N3OS. The van der Waals surface area contributed by atoms with E-state index in [1.165, 1.54) is 11.1 Å². The Kier molecular flexibility index (Phi) is 4.77. The van der Waals surface area contributed by atoms with Crippen LogP contribution in [-0.4, -0.2) is 17.1 Å². The summed E-state index contributed by atoms with van der Waals surface area (Å²) in [6, 6.07) is 16.7. The third kappa shape index (κ3) is 3.64. The quantitative estimate of drug-likeness (QED) is 0.493. The van der Waals surface area contributed by atoms with Crippen molar-refractivity contribution in [1.82, 2.24) is 9.97 Å². The zero-order chi connectivity index (χ0) is 18.8. The number of nitrogens with zero attached hydrogens (tertiary/aromatic N) is 2. The highest BCUT2D eigenvalue weighted by Crippen LogP contribution is 2.37. The summed E-state index contributed by atoms with van der Waals surface area (Å²) >= 11 is 1.65. The summed E-state index contributed by atoms with van der Waals surface area (Å²) in [4.78, 5) is 10.3. The molecule has 0 radical (unpaired) electrons. The van der Waals surface area contributed by atoms with Crippen molar-refractivity contribution in [3.63, 3.8) is 0 Å². The fraction of sp³-hybridized carbons (Fsp3) is 0.182. The molecule has 0 atom stereocenters. The lowest BCUT2D eigenvalue weighted by Crippen LogP contribution is -2.04. The number of hydrogen-bond donors (Lipinski definition) is 1. The van der Waals surface area contributed by atoms with Crippen molar-refractivity contribution in [2.24, 2.45) is 0 Å². The fourth-order valence-corrected chi connectivity index (χ4v) is 4.04. The Morgan fingerprint density at radius 2 is 1.70 bits per heavy atom. The van der Waals surface area contributed by atoms with E-state index in [0.717, 1.165) is 45.3 Å². The van der Waals surface area contributed by atoms with Crippen LogP contribution < -0.4 is 10.1 Å². The summed E-state index contributed by atoms with van der Waals surface area (Å²) in [5.41, 5.74) is 4.77. The maximum atomic E-state index is 5.27. The number of aromatic nitrogens is 2. The Bertz CT molecular complexity index is 1070. The van der Waals surface area contributed by atoms with Gasteiger partial charge >= 0.3 is 0 Å². The SMILES string of the molecule is COc1ccc(-c2csc3nc(C)nc(NCc4ccc(C)cc4)c23)cc1. The molecule has 27 heavy (non-hydrogen) atoms. The monoisotopic (exact) mass is 375 g/mol. The lowest BCUT2D eigenvalue weighted by molar-refractivity contribution is 0.415. The van der Waals surface area contributed by atoms with Gasteiger partial charge in [0, 0.05) is 17.5 Å². The summed E-state index contributed by atoms with van der Waals surface area (Å²) < 4.78 is 5.27. The molecule has 0 aliphatic carbocycles. The van der Waals surface area contributed by atoms with Gasteiger partial charge in [0.25, 0.3) is 0 Å². The first-order valence-electron chi connectivity index (χ1n) is 8.84. The minimum atomic E-state index is 0.726. The molecule has 5 heteroatoms. The molecule has 136 valence electrons. The molecule has 0 amide bonds. The largest absolute Gasteiger partial charge is 0.497 e. The summed E-state index contributed by atoms with van der Waals surface area (Å²) in [5.74, 6) is 2.50. The maximum Gasteiger partial charge on any atom is 0.139 e. The van der Waals surface area contributed by atoms with Crippen LogP contribution >= 0.6 is 11.3 Å². The Morgan fingerprint density at radius 3 is 2.41 bits per heavy atom. The van der Waals surface area contributed by atoms with E-state index in [4.69, 9.17) is 4.74 Å². The van der Waals surface area contributed by atoms with E-state index in [9.17, 15) is 0 Å². The van der Waals surface area contributed by atoms with E-state index in [1.807, 2.05) is 19.1 Å². The third-order valence-electron chi connectivity index (χ3n) is 4.53. The number of fused-ring (bicyclic) bond motifs is 1. The Morgan fingerprint density at radius 1 is 0.963 bits per heavy atom. The van der Waals surface area contributed by atoms with Crippen LogP contribution in [0.3, 0.4) is 0 Å². The normalized spacial score (nSPS) is 10.9. The van der Waals surface area contributed by atoms with Gasteiger partial charge < -0.3 is 10.1 Å². The highest BCUT2D eigenvalue weighted by molar-refractivity contribution is 7.17. The van der Waals surface area contributed by atoms with Gasteiger partial charge in [0.15, 0.2) is 0 Å². The average molecular weight is 375 g/mol. The molecule has 4 rings (SSSR count). The molecule has 0 aliphatic rings. The Labute approximate surface area is 162 Å². The molecule has 0 unspecified atom stereocenters. The van der Waals surface area contributed by atoms with Crippen LogP contribution in [0.25, 0.3) is 21.3 Å². The van der Waals surface area contributed by atoms with Crippen LogP contribution in [0.5, 0.6) is 5.75 Å². The van der Waals surface area contributed by atoms with Crippen molar-refractivity contribution in [2.75, 3.05) is 12.4 Å². The van der Waals surface area contributed by atoms with Gasteiger partial charge in [-0.15, -0.1) is 11.3 Å². The molecule has 0 saturated carbocycles. The van der Waals surface area contributed by atoms with Gasteiger partial charge in [-0.2, -0.15) is 0 Å². The zero-order valence-corrected chi connectivity index (χ0v) is 16.4. The van der Waals surface area contributed by atoms with Crippen molar-refractivity contribution in [2.45, 2.75) is 20.4 Å². The van der Waals surface area contributed by atoms with E-state index >= 15 is 0 Å². The molecular weight excluding hydrogens is 354 g/mol. The first-order chi connectivity index (χ1) is 13.1. The molecule has 2 aromatic carbocycles. The molecule has 0 fully saturated rings. The van der Waals surface area contributed by atoms with Crippen LogP contribution in [0.2, 0.25) is 0 Å². The van der Waals surface area contributed by atoms with Gasteiger partial charge in [-0.05, 0) is 37.1 Å². The standard InChI is InChI=1S/C22H21N3OS/c1-14-4-6-16(7-5-14)12-23-21-20-19(13-27-22(20)25-15(2)24-21)17-8-10-18(26-3)11-9-17/h4-11,13H,12H2,1-3H3,(H,23,24,25). The predicted molar refractivity (Wildman–Crippen MR) is 113 cm³/mol. The van der Waals surface area contributed by atoms with Crippen molar-refractivity contribution in [3.8, 4) is 16.9 Å². The predicted octanol–water partition coefficient (Wildman–Crippen LogP) is 5.60. The van der Waals surface area contributed by atoms with E-state index < -0.39 is 0 Å². The fourth-order valence-electron chi connectivity index (χ4n) is 3.05. The molecule has 2 heterocycles. The first kappa shape index (κ1) is 17.5. The second-order valence-electron chi connectivity index (χ2n) is 6.52. The second kappa shape index (κ2) is 7.37. The molecule has 4 aromatic rings. The number of methoxy groups -OCH3 is 1. The number of anilines is 1. The number of thiophene rings is 1. The van der Waals surface area contributed by atoms with E-state index in [1.54, 1.807) is 18.4 Å². The van der Waals surface area contributed by atoms with Crippen molar-refractivity contribution >= 4 is 27.4 Å². The molecule has 0 bridgehead atoms. The highest BCUT2D eigenvalue weighted by atomic mass is 32.1. The first-order valence-corrected chi connectivity index (χ1v) is 9.71. The van der Waals surface area contributed by atoms with Crippen LogP contribution in [0.1, 0.15) is 17.0 Å². The Hall–Kier alpha value is -2.92. The van der Waals surface area contributed by atoms with E-state index in [2.05, 4.69) is 64.0 Å². The van der Waals surface area contributed by atoms with Gasteiger partial charge in [-0.3, -0.25) is 0 Å². The van der Waals surface area contributed by atoms with Crippen molar-refractivity contribution in [1.29, 1.82) is 0 Å². The highest BCUT2D eigenvalue weighted by Gasteiger charge is 2.14. The topological polar surface area (TPSA) is 47.0 Å². The lowest BCUT2D eigenvalue weighted by Gasteiger charge is -2.10. The van der Waals surface area contributed by atoms with Crippen LogP contribution in [-0.2, 0) is 6.54 Å². The van der Waals surface area contributed by atoms with E-state index in [0.29, 0.717) is 0 Å². The van der Waals surface area contributed by atoms with Gasteiger partial charge in [-0.1, -0.05) is 42.0 Å². The number of benzene rings is 2. The van der Waals surface area contributed by atoms with Gasteiger partial charge in [0.05, 0.1) is 12.5 Å². The van der Waals surface area contributed by atoms with E-state index in [-0.39, 0.29) is 0 Å². The van der Waals surface area contributed by atoms with Gasteiger partial charge in [-0.25, -0.2) is 9.97 Å². The zero-order valence-electron chi connectivity index (χ0n) is 15.6. The van der Waals surface area contributed by atoms with Gasteiger partial charge in [0.1, 0.15) is 22.2 Å². The number of ether oxygens (including phenoxy) is 1. The summed E-state index contributed by atoms with van der Waals surface area (Å²) in [6.07, 6.45) is 0. The minimum absolute atomic E-state index is 0.726. The lowest BCUT2D eigenvalue weighted by atomic mass is 10.1. The molecule has 4 nitrogen and oxygen atoms in total. The summed E-state index contributed by atoms with van der Waals surface area (Å²) in [6.45, 7) is 4.76. The van der Waals surface area contributed by atoms with Gasteiger partial charge in [0.2, 0.25) is 0 Å². The molecule has 2 aromatic heterocycles. The Balaban J connectivity index is 1.72. The molecule has 0 saturated heterocycles. The number of aryl methyl sites for hydroxylation is 2. The smallest absolute Gasteiger partial charge is 0.139 e. The maximum absolute atomic E-state index is 5.27. The number of hydrogen-bond acceptors (Lipinski definition) is 5. The second-order valence-corrected chi connectivity index (χ2v) is 7.37. The molecule has 0 spiro atoms. The molecule has 0 aliphatic heterocycles. The van der Waals surface area contributed by atoms with Crippen LogP contribution in [0.15, 0.2) is 53.9 Å². The number of nitrogens with one attached hydrogen (secondary N) is 1. The van der Waals surface area contributed by atoms with Crippen molar-refractivity contribution < 1.29 is 4.74 Å². The van der Waals surface area contributed by atoms with Crippen LogP contribution in [0.4, 0.5) is 5.82 Å². The van der Waals surface area contributed by atoms with Crippen LogP contribution in [0, 0.1) is 13.8 Å². The molecule has 1 N–H and O–H groups in total. The third-order valence-corrected chi connectivity index (χ3v) is 5.40. The summed E-state index contributed by atoms with van der Waals surface area (Å²) in [7, 11) is 1.68. The minimum Gasteiger partial charge on any atom is -0.497 e. The summed E-state index contributed by atoms with van der Waals surface area (Å²) in [5, 5.41) is 6.74.